The molecule has 5 heteroatoms. The Morgan fingerprint density at radius 1 is 1.28 bits per heavy atom. The fourth-order valence-electron chi connectivity index (χ4n) is 2.65. The van der Waals surface area contributed by atoms with Gasteiger partial charge in [-0.15, -0.1) is 11.6 Å². The highest BCUT2D eigenvalue weighted by atomic mass is 35.5. The van der Waals surface area contributed by atoms with Crippen LogP contribution in [0.15, 0.2) is 18.2 Å². The third-order valence-corrected chi connectivity index (χ3v) is 4.20. The molecule has 2 atom stereocenters. The van der Waals surface area contributed by atoms with Gasteiger partial charge in [0, 0.05) is 5.88 Å². The van der Waals surface area contributed by atoms with Crippen LogP contribution in [-0.4, -0.2) is 5.88 Å². The zero-order valence-corrected chi connectivity index (χ0v) is 10.7. The van der Waals surface area contributed by atoms with Gasteiger partial charge in [-0.1, -0.05) is 19.9 Å². The highest BCUT2D eigenvalue weighted by Crippen LogP contribution is 2.64. The van der Waals surface area contributed by atoms with Crippen LogP contribution in [0.25, 0.3) is 0 Å². The van der Waals surface area contributed by atoms with Crippen LogP contribution >= 0.6 is 11.6 Å². The first-order valence-corrected chi connectivity index (χ1v) is 6.15. The smallest absolute Gasteiger partial charge is 0.206 e. The van der Waals surface area contributed by atoms with Crippen LogP contribution in [0, 0.1) is 17.2 Å². The third kappa shape index (κ3) is 2.11. The molecule has 1 aliphatic rings. The minimum atomic E-state index is -4.66. The van der Waals surface area contributed by atoms with E-state index < -0.39 is 17.6 Å². The Hall–Kier alpha value is -0.770. The molecular formula is C13H13ClF4. The van der Waals surface area contributed by atoms with Crippen LogP contribution in [0.5, 0.6) is 0 Å². The molecular weight excluding hydrogens is 268 g/mol. The van der Waals surface area contributed by atoms with Gasteiger partial charge >= 0.3 is 6.18 Å². The van der Waals surface area contributed by atoms with E-state index in [2.05, 4.69) is 0 Å². The lowest BCUT2D eigenvalue weighted by Crippen LogP contribution is -2.09. The molecule has 18 heavy (non-hydrogen) atoms. The Morgan fingerprint density at radius 3 is 2.33 bits per heavy atom. The second-order valence-electron chi connectivity index (χ2n) is 5.30. The quantitative estimate of drug-likeness (QED) is 0.538. The lowest BCUT2D eigenvalue weighted by molar-refractivity contribution is -0.140. The summed E-state index contributed by atoms with van der Waals surface area (Å²) in [5.74, 6) is -0.717. The number of benzene rings is 1. The van der Waals surface area contributed by atoms with Crippen molar-refractivity contribution in [3.63, 3.8) is 0 Å². The number of rotatable bonds is 2. The highest BCUT2D eigenvalue weighted by Gasteiger charge is 2.57. The number of hydrogen-bond acceptors (Lipinski definition) is 0. The molecule has 0 amide bonds. The first-order chi connectivity index (χ1) is 8.19. The van der Waals surface area contributed by atoms with Crippen LogP contribution in [-0.2, 0) is 6.18 Å². The summed E-state index contributed by atoms with van der Waals surface area (Å²) in [6.07, 6.45) is -4.66. The first kappa shape index (κ1) is 13.7. The maximum Gasteiger partial charge on any atom is 0.419 e. The van der Waals surface area contributed by atoms with Gasteiger partial charge < -0.3 is 0 Å². The van der Waals surface area contributed by atoms with Crippen molar-refractivity contribution in [1.82, 2.24) is 0 Å². The molecule has 100 valence electrons. The molecule has 0 spiro atoms. The molecule has 2 rings (SSSR count). The lowest BCUT2D eigenvalue weighted by atomic mass is 10.0. The van der Waals surface area contributed by atoms with Crippen molar-refractivity contribution in [2.45, 2.75) is 25.9 Å². The van der Waals surface area contributed by atoms with Gasteiger partial charge in [-0.2, -0.15) is 13.2 Å². The number of halogens is 5. The van der Waals surface area contributed by atoms with E-state index in [4.69, 9.17) is 11.6 Å². The van der Waals surface area contributed by atoms with Gasteiger partial charge in [0.15, 0.2) is 0 Å². The fourth-order valence-corrected chi connectivity index (χ4v) is 3.22. The molecule has 1 aromatic rings. The van der Waals surface area contributed by atoms with Crippen molar-refractivity contribution in [1.29, 1.82) is 0 Å². The SMILES string of the molecule is CC1(C)C(CCl)C1c1ccc(F)c(C(F)(F)F)c1. The molecule has 0 saturated heterocycles. The van der Waals surface area contributed by atoms with Crippen molar-refractivity contribution in [2.75, 3.05) is 5.88 Å². The average Bonchev–Trinajstić information content (AvgIpc) is 2.79. The second-order valence-corrected chi connectivity index (χ2v) is 5.61. The maximum atomic E-state index is 13.2. The molecule has 1 aliphatic carbocycles. The zero-order chi connectivity index (χ0) is 13.7. The normalized spacial score (nSPS) is 26.2. The van der Waals surface area contributed by atoms with E-state index in [1.54, 1.807) is 0 Å². The average molecular weight is 281 g/mol. The molecule has 0 aliphatic heterocycles. The molecule has 0 nitrogen and oxygen atoms in total. The zero-order valence-electron chi connectivity index (χ0n) is 9.98. The van der Waals surface area contributed by atoms with Gasteiger partial charge in [0.05, 0.1) is 5.56 Å². The summed E-state index contributed by atoms with van der Waals surface area (Å²) in [7, 11) is 0. The van der Waals surface area contributed by atoms with Gasteiger partial charge in [0.1, 0.15) is 5.82 Å². The standard InChI is InChI=1S/C13H13ClF4/c1-12(2)9(6-14)11(12)7-3-4-10(15)8(5-7)13(16,17)18/h3-5,9,11H,6H2,1-2H3. The molecule has 0 heterocycles. The predicted molar refractivity (Wildman–Crippen MR) is 62.1 cm³/mol. The summed E-state index contributed by atoms with van der Waals surface area (Å²) in [5.41, 5.74) is -0.807. The van der Waals surface area contributed by atoms with E-state index in [0.717, 1.165) is 12.1 Å². The van der Waals surface area contributed by atoms with E-state index in [-0.39, 0.29) is 17.3 Å². The van der Waals surface area contributed by atoms with Crippen molar-refractivity contribution < 1.29 is 17.6 Å². The molecule has 0 aromatic heterocycles. The Balaban J connectivity index is 2.38. The summed E-state index contributed by atoms with van der Waals surface area (Å²) < 4.78 is 51.0. The first-order valence-electron chi connectivity index (χ1n) is 5.62. The number of hydrogen-bond donors (Lipinski definition) is 0. The Bertz CT molecular complexity index is 465. The number of alkyl halides is 4. The fraction of sp³-hybridized carbons (Fsp3) is 0.538. The van der Waals surface area contributed by atoms with E-state index >= 15 is 0 Å². The van der Waals surface area contributed by atoms with Crippen LogP contribution in [0.3, 0.4) is 0 Å². The maximum absolute atomic E-state index is 13.2. The van der Waals surface area contributed by atoms with E-state index in [9.17, 15) is 17.6 Å². The molecule has 0 radical (unpaired) electrons. The van der Waals surface area contributed by atoms with Gasteiger partial charge in [-0.25, -0.2) is 4.39 Å². The molecule has 1 fully saturated rings. The van der Waals surface area contributed by atoms with Crippen molar-refractivity contribution in [3.05, 3.63) is 35.1 Å². The molecule has 0 N–H and O–H groups in total. The minimum absolute atomic E-state index is 0.0308. The lowest BCUT2D eigenvalue weighted by Gasteiger charge is -2.10. The minimum Gasteiger partial charge on any atom is -0.206 e. The Labute approximate surface area is 108 Å². The summed E-state index contributed by atoms with van der Waals surface area (Å²) in [6.45, 7) is 3.92. The van der Waals surface area contributed by atoms with Crippen LogP contribution in [0.1, 0.15) is 30.9 Å². The Kier molecular flexibility index (Phi) is 3.13. The van der Waals surface area contributed by atoms with E-state index in [0.29, 0.717) is 11.4 Å². The molecule has 1 aromatic carbocycles. The summed E-state index contributed by atoms with van der Waals surface area (Å²) in [5, 5.41) is 0. The van der Waals surface area contributed by atoms with Crippen LogP contribution in [0.2, 0.25) is 0 Å². The predicted octanol–water partition coefficient (Wildman–Crippen LogP) is 4.82. The van der Waals surface area contributed by atoms with Gasteiger partial charge in [0.2, 0.25) is 0 Å². The second kappa shape index (κ2) is 4.12. The van der Waals surface area contributed by atoms with Gasteiger partial charge in [-0.05, 0) is 34.9 Å². The van der Waals surface area contributed by atoms with E-state index in [1.807, 2.05) is 13.8 Å². The van der Waals surface area contributed by atoms with Crippen LogP contribution in [0.4, 0.5) is 17.6 Å². The molecule has 2 unspecified atom stereocenters. The summed E-state index contributed by atoms with van der Waals surface area (Å²) >= 11 is 5.79. The summed E-state index contributed by atoms with van der Waals surface area (Å²) in [4.78, 5) is 0. The topological polar surface area (TPSA) is 0 Å². The molecule has 1 saturated carbocycles. The van der Waals surface area contributed by atoms with E-state index in [1.165, 1.54) is 6.07 Å². The molecule has 0 bridgehead atoms. The van der Waals surface area contributed by atoms with Gasteiger partial charge in [-0.3, -0.25) is 0 Å². The van der Waals surface area contributed by atoms with Crippen molar-refractivity contribution in [3.8, 4) is 0 Å². The van der Waals surface area contributed by atoms with Gasteiger partial charge in [0.25, 0.3) is 0 Å². The monoisotopic (exact) mass is 280 g/mol. The third-order valence-electron chi connectivity index (χ3n) is 3.87. The highest BCUT2D eigenvalue weighted by molar-refractivity contribution is 6.18. The largest absolute Gasteiger partial charge is 0.419 e. The van der Waals surface area contributed by atoms with Crippen LogP contribution < -0.4 is 0 Å². The summed E-state index contributed by atoms with van der Waals surface area (Å²) in [6, 6.07) is 3.22. The van der Waals surface area contributed by atoms with Crippen molar-refractivity contribution >= 4 is 11.6 Å². The van der Waals surface area contributed by atoms with Crippen molar-refractivity contribution in [2.24, 2.45) is 11.3 Å². The Morgan fingerprint density at radius 2 is 1.89 bits per heavy atom.